The Morgan fingerprint density at radius 2 is 1.84 bits per heavy atom. The maximum Gasteiger partial charge on any atom is 0.119 e. The lowest BCUT2D eigenvalue weighted by molar-refractivity contribution is 0.340. The van der Waals surface area contributed by atoms with Gasteiger partial charge in [-0.2, -0.15) is 11.8 Å². The monoisotopic (exact) mass is 281 g/mol. The minimum absolute atomic E-state index is 0.386. The second-order valence-corrected chi connectivity index (χ2v) is 6.17. The van der Waals surface area contributed by atoms with Crippen molar-refractivity contribution >= 4 is 11.8 Å². The Morgan fingerprint density at radius 1 is 1.16 bits per heavy atom. The van der Waals surface area contributed by atoms with Crippen LogP contribution in [0.5, 0.6) is 5.75 Å². The molecule has 0 aliphatic rings. The lowest BCUT2D eigenvalue weighted by Gasteiger charge is -2.20. The summed E-state index contributed by atoms with van der Waals surface area (Å²) < 4.78 is 5.46. The molecule has 0 heterocycles. The van der Waals surface area contributed by atoms with Gasteiger partial charge < -0.3 is 10.1 Å². The number of ether oxygens (including phenoxy) is 1. The van der Waals surface area contributed by atoms with Crippen molar-refractivity contribution in [2.45, 2.75) is 46.2 Å². The predicted molar refractivity (Wildman–Crippen MR) is 86.2 cm³/mol. The lowest BCUT2D eigenvalue weighted by Crippen LogP contribution is -2.29. The summed E-state index contributed by atoms with van der Waals surface area (Å²) in [6, 6.07) is 9.34. The first-order valence-corrected chi connectivity index (χ1v) is 8.39. The van der Waals surface area contributed by atoms with Crippen LogP contribution in [0.15, 0.2) is 24.3 Å². The van der Waals surface area contributed by atoms with E-state index in [1.807, 2.05) is 18.7 Å². The summed E-state index contributed by atoms with van der Waals surface area (Å²) in [6.45, 7) is 9.43. The molecule has 0 bridgehead atoms. The van der Waals surface area contributed by atoms with Crippen LogP contribution in [-0.4, -0.2) is 24.2 Å². The molecule has 1 aromatic rings. The second kappa shape index (κ2) is 9.27. The summed E-state index contributed by atoms with van der Waals surface area (Å²) in [5, 5.41) is 3.65. The van der Waals surface area contributed by atoms with Crippen molar-refractivity contribution in [2.24, 2.45) is 0 Å². The molecule has 2 atom stereocenters. The third kappa shape index (κ3) is 6.35. The smallest absolute Gasteiger partial charge is 0.119 e. The summed E-state index contributed by atoms with van der Waals surface area (Å²) in [7, 11) is 0. The first-order valence-electron chi connectivity index (χ1n) is 7.23. The molecule has 19 heavy (non-hydrogen) atoms. The maximum atomic E-state index is 5.46. The molecule has 0 aromatic heterocycles. The molecule has 1 rings (SSSR count). The normalized spacial score (nSPS) is 14.1. The molecule has 0 aliphatic heterocycles. The lowest BCUT2D eigenvalue weighted by atomic mass is 10.1. The Morgan fingerprint density at radius 3 is 2.42 bits per heavy atom. The van der Waals surface area contributed by atoms with Crippen molar-refractivity contribution < 1.29 is 4.74 Å². The third-order valence-electron chi connectivity index (χ3n) is 3.12. The number of thioether (sulfide) groups is 1. The predicted octanol–water partition coefficient (Wildman–Crippen LogP) is 4.27. The molecule has 0 saturated carbocycles. The highest BCUT2D eigenvalue weighted by Crippen LogP contribution is 2.18. The van der Waals surface area contributed by atoms with Crippen LogP contribution in [0.4, 0.5) is 0 Å². The van der Waals surface area contributed by atoms with Gasteiger partial charge in [-0.05, 0) is 56.4 Å². The van der Waals surface area contributed by atoms with Crippen molar-refractivity contribution in [1.82, 2.24) is 5.32 Å². The Balaban J connectivity index is 2.41. The van der Waals surface area contributed by atoms with Crippen LogP contribution in [0.2, 0.25) is 0 Å². The van der Waals surface area contributed by atoms with Gasteiger partial charge >= 0.3 is 0 Å². The molecule has 0 spiro atoms. The van der Waals surface area contributed by atoms with E-state index in [0.29, 0.717) is 12.1 Å². The fourth-order valence-electron chi connectivity index (χ4n) is 2.03. The molecule has 3 heteroatoms. The molecule has 1 N–H and O–H groups in total. The molecule has 0 aliphatic carbocycles. The quantitative estimate of drug-likeness (QED) is 0.683. The van der Waals surface area contributed by atoms with Gasteiger partial charge in [0, 0.05) is 12.1 Å². The summed E-state index contributed by atoms with van der Waals surface area (Å²) in [6.07, 6.45) is 1.22. The van der Waals surface area contributed by atoms with E-state index in [9.17, 15) is 0 Å². The Labute approximate surface area is 122 Å². The van der Waals surface area contributed by atoms with Crippen LogP contribution in [0.25, 0.3) is 0 Å². The van der Waals surface area contributed by atoms with Crippen LogP contribution in [0, 0.1) is 0 Å². The molecule has 108 valence electrons. The highest BCUT2D eigenvalue weighted by Gasteiger charge is 2.09. The second-order valence-electron chi connectivity index (χ2n) is 4.78. The van der Waals surface area contributed by atoms with Gasteiger partial charge in [0.25, 0.3) is 0 Å². The summed E-state index contributed by atoms with van der Waals surface area (Å²) in [4.78, 5) is 0. The van der Waals surface area contributed by atoms with Crippen LogP contribution >= 0.6 is 11.8 Å². The number of hydrogen-bond donors (Lipinski definition) is 1. The van der Waals surface area contributed by atoms with Crippen LogP contribution < -0.4 is 10.1 Å². The molecule has 1 aromatic carbocycles. The van der Waals surface area contributed by atoms with E-state index >= 15 is 0 Å². The van der Waals surface area contributed by atoms with Crippen LogP contribution in [0.1, 0.15) is 45.7 Å². The zero-order chi connectivity index (χ0) is 14.1. The van der Waals surface area contributed by atoms with Gasteiger partial charge in [-0.1, -0.05) is 19.1 Å². The number of benzene rings is 1. The minimum Gasteiger partial charge on any atom is -0.494 e. The van der Waals surface area contributed by atoms with Crippen molar-refractivity contribution in [2.75, 3.05) is 18.1 Å². The summed E-state index contributed by atoms with van der Waals surface area (Å²) in [5.74, 6) is 3.40. The SMILES string of the molecule is CCOc1ccc(C(C)NC(C)CCSCC)cc1. The first kappa shape index (κ1) is 16.4. The van der Waals surface area contributed by atoms with E-state index in [0.717, 1.165) is 12.4 Å². The van der Waals surface area contributed by atoms with Crippen LogP contribution in [-0.2, 0) is 0 Å². The fraction of sp³-hybridized carbons (Fsp3) is 0.625. The Hall–Kier alpha value is -0.670. The largest absolute Gasteiger partial charge is 0.494 e. The Bertz CT molecular complexity index is 339. The number of nitrogens with one attached hydrogen (secondary N) is 1. The molecule has 2 nitrogen and oxygen atoms in total. The standard InChI is InChI=1S/C16H27NOS/c1-5-18-16-9-7-15(8-10-16)14(4)17-13(3)11-12-19-6-2/h7-10,13-14,17H,5-6,11-12H2,1-4H3. The molecule has 2 unspecified atom stereocenters. The molecule has 0 radical (unpaired) electrons. The average Bonchev–Trinajstić information content (AvgIpc) is 2.40. The zero-order valence-corrected chi connectivity index (χ0v) is 13.4. The van der Waals surface area contributed by atoms with Gasteiger partial charge in [0.15, 0.2) is 0 Å². The van der Waals surface area contributed by atoms with E-state index in [1.54, 1.807) is 0 Å². The van der Waals surface area contributed by atoms with E-state index < -0.39 is 0 Å². The zero-order valence-electron chi connectivity index (χ0n) is 12.6. The molecular formula is C16H27NOS. The van der Waals surface area contributed by atoms with Gasteiger partial charge in [-0.15, -0.1) is 0 Å². The fourth-order valence-corrected chi connectivity index (χ4v) is 2.84. The van der Waals surface area contributed by atoms with Gasteiger partial charge in [-0.3, -0.25) is 0 Å². The topological polar surface area (TPSA) is 21.3 Å². The van der Waals surface area contributed by atoms with E-state index in [2.05, 4.69) is 50.4 Å². The average molecular weight is 281 g/mol. The third-order valence-corrected chi connectivity index (χ3v) is 4.06. The van der Waals surface area contributed by atoms with E-state index in [1.165, 1.54) is 23.5 Å². The van der Waals surface area contributed by atoms with Gasteiger partial charge in [0.2, 0.25) is 0 Å². The number of hydrogen-bond acceptors (Lipinski definition) is 3. The highest BCUT2D eigenvalue weighted by atomic mass is 32.2. The van der Waals surface area contributed by atoms with Gasteiger partial charge in [0.05, 0.1) is 6.61 Å². The number of rotatable bonds is 9. The molecule has 0 saturated heterocycles. The molecule has 0 amide bonds. The van der Waals surface area contributed by atoms with E-state index in [4.69, 9.17) is 4.74 Å². The van der Waals surface area contributed by atoms with Crippen LogP contribution in [0.3, 0.4) is 0 Å². The van der Waals surface area contributed by atoms with Crippen molar-refractivity contribution in [1.29, 1.82) is 0 Å². The molecule has 0 fully saturated rings. The highest BCUT2D eigenvalue weighted by molar-refractivity contribution is 7.99. The van der Waals surface area contributed by atoms with Crippen molar-refractivity contribution in [3.63, 3.8) is 0 Å². The summed E-state index contributed by atoms with van der Waals surface area (Å²) >= 11 is 2.01. The first-order chi connectivity index (χ1) is 9.17. The maximum absolute atomic E-state index is 5.46. The summed E-state index contributed by atoms with van der Waals surface area (Å²) in [5.41, 5.74) is 1.32. The van der Waals surface area contributed by atoms with Gasteiger partial charge in [-0.25, -0.2) is 0 Å². The minimum atomic E-state index is 0.386. The Kier molecular flexibility index (Phi) is 7.99. The van der Waals surface area contributed by atoms with Crippen molar-refractivity contribution in [3.8, 4) is 5.75 Å². The van der Waals surface area contributed by atoms with Gasteiger partial charge in [0.1, 0.15) is 5.75 Å². The molecular weight excluding hydrogens is 254 g/mol. The van der Waals surface area contributed by atoms with E-state index in [-0.39, 0.29) is 0 Å². The van der Waals surface area contributed by atoms with Crippen molar-refractivity contribution in [3.05, 3.63) is 29.8 Å².